The van der Waals surface area contributed by atoms with Crippen LogP contribution in [0.2, 0.25) is 5.02 Å². The molecule has 1 heterocycles. The molecule has 2 aromatic carbocycles. The lowest BCUT2D eigenvalue weighted by molar-refractivity contribution is -0.142. The highest BCUT2D eigenvalue weighted by molar-refractivity contribution is 8.00. The molecule has 3 rings (SSSR count). The monoisotopic (exact) mass is 469 g/mol. The largest absolute Gasteiger partial charge is 0.497 e. The molecule has 1 fully saturated rings. The molecule has 1 saturated heterocycles. The number of carbonyl (C=O) groups is 1. The zero-order valence-corrected chi connectivity index (χ0v) is 19.4. The Balaban J connectivity index is 1.79. The molecule has 0 aliphatic carbocycles. The number of esters is 1. The number of anilines is 1. The highest BCUT2D eigenvalue weighted by Gasteiger charge is 2.52. The lowest BCUT2D eigenvalue weighted by Gasteiger charge is -2.32. The van der Waals surface area contributed by atoms with E-state index in [0.29, 0.717) is 0 Å². The molecular weight excluding hydrogens is 447 g/mol. The smallest absolute Gasteiger partial charge is 0.461 e. The van der Waals surface area contributed by atoms with Crippen LogP contribution in [-0.4, -0.2) is 24.3 Å². The number of carbonyl (C=O) groups excluding carboxylic acids is 1. The molecule has 2 aromatic rings. The first-order valence-electron chi connectivity index (χ1n) is 9.59. The molecule has 0 spiro atoms. The molecule has 5 nitrogen and oxygen atoms in total. The van der Waals surface area contributed by atoms with Gasteiger partial charge in [-0.1, -0.05) is 23.7 Å². The van der Waals surface area contributed by atoms with Crippen LogP contribution < -0.4 is 10.2 Å². The number of rotatable bonds is 6. The summed E-state index contributed by atoms with van der Waals surface area (Å²) < 4.78 is 49.5. The zero-order chi connectivity index (χ0) is 23.0. The van der Waals surface area contributed by atoms with E-state index in [1.54, 1.807) is 12.1 Å². The minimum absolute atomic E-state index is 0.124. The number of nitrogens with one attached hydrogen (secondary N) is 1. The van der Waals surface area contributed by atoms with E-state index in [2.05, 4.69) is 4.72 Å². The number of ether oxygens (including phenoxy) is 1. The van der Waals surface area contributed by atoms with Gasteiger partial charge in [0, 0.05) is 23.0 Å². The predicted octanol–water partition coefficient (Wildman–Crippen LogP) is 5.10. The Hall–Kier alpha value is -1.81. The standard InChI is InChI=1S/C21H23BClF2NO4S/c1-12(27)28-11-13-9-14(23)10-17(18(13)24)31-26-16-8-6-7-15(19(16)25)22-29-20(2,3)21(4,5)30-22/h6-10,26H,11H2,1-5H3. The summed E-state index contributed by atoms with van der Waals surface area (Å²) in [6.07, 6.45) is 0. The van der Waals surface area contributed by atoms with E-state index in [0.717, 1.165) is 11.9 Å². The molecule has 166 valence electrons. The maximum absolute atomic E-state index is 15.2. The summed E-state index contributed by atoms with van der Waals surface area (Å²) in [5, 5.41) is 0.263. The second-order valence-corrected chi connectivity index (χ2v) is 9.44. The van der Waals surface area contributed by atoms with Crippen molar-refractivity contribution in [1.82, 2.24) is 0 Å². The van der Waals surface area contributed by atoms with Crippen LogP contribution in [0.4, 0.5) is 14.5 Å². The summed E-state index contributed by atoms with van der Waals surface area (Å²) in [6, 6.07) is 7.56. The van der Waals surface area contributed by atoms with Crippen LogP contribution in [0.5, 0.6) is 0 Å². The van der Waals surface area contributed by atoms with Gasteiger partial charge in [-0.3, -0.25) is 4.79 Å². The first kappa shape index (κ1) is 23.8. The maximum atomic E-state index is 15.2. The van der Waals surface area contributed by atoms with Crippen molar-refractivity contribution in [3.05, 3.63) is 52.6 Å². The lowest BCUT2D eigenvalue weighted by Crippen LogP contribution is -2.41. The van der Waals surface area contributed by atoms with Gasteiger partial charge < -0.3 is 18.8 Å². The Labute approximate surface area is 190 Å². The first-order valence-corrected chi connectivity index (χ1v) is 10.8. The molecule has 0 amide bonds. The molecule has 10 heteroatoms. The van der Waals surface area contributed by atoms with Gasteiger partial charge in [0.25, 0.3) is 0 Å². The highest BCUT2D eigenvalue weighted by Crippen LogP contribution is 2.37. The highest BCUT2D eigenvalue weighted by atomic mass is 35.5. The predicted molar refractivity (Wildman–Crippen MR) is 118 cm³/mol. The van der Waals surface area contributed by atoms with E-state index >= 15 is 4.39 Å². The van der Waals surface area contributed by atoms with Gasteiger partial charge in [-0.15, -0.1) is 0 Å². The second kappa shape index (κ2) is 8.98. The number of benzene rings is 2. The van der Waals surface area contributed by atoms with Gasteiger partial charge in [0.15, 0.2) is 0 Å². The molecular formula is C21H23BClF2NO4S. The number of halogens is 3. The van der Waals surface area contributed by atoms with Crippen LogP contribution in [0, 0.1) is 11.6 Å². The van der Waals surface area contributed by atoms with Gasteiger partial charge in [0.05, 0.1) is 21.8 Å². The molecule has 0 bridgehead atoms. The summed E-state index contributed by atoms with van der Waals surface area (Å²) >= 11 is 6.92. The molecule has 0 radical (unpaired) electrons. The average molecular weight is 470 g/mol. The third kappa shape index (κ3) is 5.17. The van der Waals surface area contributed by atoms with Gasteiger partial charge in [-0.05, 0) is 57.8 Å². The van der Waals surface area contributed by atoms with Crippen molar-refractivity contribution in [2.45, 2.75) is 57.3 Å². The van der Waals surface area contributed by atoms with Gasteiger partial charge in [-0.2, -0.15) is 0 Å². The van der Waals surface area contributed by atoms with Crippen molar-refractivity contribution < 1.29 is 27.6 Å². The van der Waals surface area contributed by atoms with Crippen LogP contribution >= 0.6 is 23.5 Å². The topological polar surface area (TPSA) is 56.8 Å². The lowest BCUT2D eigenvalue weighted by atomic mass is 9.78. The van der Waals surface area contributed by atoms with Crippen molar-refractivity contribution in [1.29, 1.82) is 0 Å². The summed E-state index contributed by atoms with van der Waals surface area (Å²) in [6.45, 7) is 8.53. The summed E-state index contributed by atoms with van der Waals surface area (Å²) in [5.41, 5.74) is -0.710. The van der Waals surface area contributed by atoms with Crippen LogP contribution in [0.1, 0.15) is 40.2 Å². The Bertz CT molecular complexity index is 990. The van der Waals surface area contributed by atoms with Crippen LogP contribution in [0.15, 0.2) is 35.2 Å². The van der Waals surface area contributed by atoms with Gasteiger partial charge >= 0.3 is 13.1 Å². The van der Waals surface area contributed by atoms with Crippen molar-refractivity contribution in [2.24, 2.45) is 0 Å². The van der Waals surface area contributed by atoms with E-state index in [9.17, 15) is 9.18 Å². The van der Waals surface area contributed by atoms with Gasteiger partial charge in [0.1, 0.15) is 18.2 Å². The zero-order valence-electron chi connectivity index (χ0n) is 17.8. The fourth-order valence-corrected chi connectivity index (χ4v) is 3.96. The summed E-state index contributed by atoms with van der Waals surface area (Å²) in [5.74, 6) is -1.70. The van der Waals surface area contributed by atoms with Crippen LogP contribution in [-0.2, 0) is 25.4 Å². The SMILES string of the molecule is CC(=O)OCc1cc(Cl)cc(SNc2cccc(B3OC(C)(C)C(C)(C)O3)c2F)c1F. The van der Waals surface area contributed by atoms with E-state index in [4.69, 9.17) is 25.6 Å². The minimum atomic E-state index is -0.866. The Kier molecular flexibility index (Phi) is 6.91. The molecule has 1 aliphatic heterocycles. The van der Waals surface area contributed by atoms with Crippen molar-refractivity contribution in [3.63, 3.8) is 0 Å². The number of hydrogen-bond acceptors (Lipinski definition) is 6. The fraction of sp³-hybridized carbons (Fsp3) is 0.381. The minimum Gasteiger partial charge on any atom is -0.461 e. The quantitative estimate of drug-likeness (QED) is 0.361. The van der Waals surface area contributed by atoms with Crippen LogP contribution in [0.3, 0.4) is 0 Å². The van der Waals surface area contributed by atoms with Crippen molar-refractivity contribution in [3.8, 4) is 0 Å². The van der Waals surface area contributed by atoms with Gasteiger partial charge in [-0.25, -0.2) is 8.78 Å². The molecule has 0 aromatic heterocycles. The maximum Gasteiger partial charge on any atom is 0.497 e. The Morgan fingerprint density at radius 1 is 1.16 bits per heavy atom. The normalized spacial score (nSPS) is 17.0. The first-order chi connectivity index (χ1) is 14.4. The Morgan fingerprint density at radius 2 is 1.81 bits per heavy atom. The van der Waals surface area contributed by atoms with E-state index < -0.39 is 35.9 Å². The third-order valence-corrected chi connectivity index (χ3v) is 6.37. The second-order valence-electron chi connectivity index (χ2n) is 8.16. The molecule has 31 heavy (non-hydrogen) atoms. The van der Waals surface area contributed by atoms with E-state index in [1.165, 1.54) is 25.1 Å². The molecule has 1 aliphatic rings. The fourth-order valence-electron chi connectivity index (χ4n) is 2.87. The summed E-state index contributed by atoms with van der Waals surface area (Å²) in [7, 11) is -0.866. The van der Waals surface area contributed by atoms with E-state index in [-0.39, 0.29) is 33.2 Å². The number of hydrogen-bond donors (Lipinski definition) is 1. The molecule has 0 unspecified atom stereocenters. The molecule has 1 N–H and O–H groups in total. The molecule has 0 saturated carbocycles. The van der Waals surface area contributed by atoms with Crippen LogP contribution in [0.25, 0.3) is 0 Å². The third-order valence-electron chi connectivity index (χ3n) is 5.32. The van der Waals surface area contributed by atoms with Crippen molar-refractivity contribution in [2.75, 3.05) is 4.72 Å². The summed E-state index contributed by atoms with van der Waals surface area (Å²) in [4.78, 5) is 11.1. The Morgan fingerprint density at radius 3 is 2.42 bits per heavy atom. The van der Waals surface area contributed by atoms with E-state index in [1.807, 2.05) is 27.7 Å². The molecule has 0 atom stereocenters. The average Bonchev–Trinajstić information content (AvgIpc) is 2.88. The van der Waals surface area contributed by atoms with Crippen molar-refractivity contribution >= 4 is 47.8 Å². The van der Waals surface area contributed by atoms with Gasteiger partial charge in [0.2, 0.25) is 0 Å².